The Labute approximate surface area is 148 Å². The minimum absolute atomic E-state index is 0.0532. The maximum Gasteiger partial charge on any atom is 0.126 e. The fraction of sp³-hybridized carbons (Fsp3) is 0.333. The molecule has 0 saturated carbocycles. The zero-order valence-electron chi connectivity index (χ0n) is 15.1. The summed E-state index contributed by atoms with van der Waals surface area (Å²) in [5.74, 6) is 0.818. The van der Waals surface area contributed by atoms with Gasteiger partial charge in [-0.25, -0.2) is 4.98 Å². The number of nitrogen functional groups attached to an aromatic ring is 1. The Kier molecular flexibility index (Phi) is 11.2. The van der Waals surface area contributed by atoms with Gasteiger partial charge in [0, 0.05) is 22.9 Å². The topological polar surface area (TPSA) is 98.0 Å². The molecule has 6 heteroatoms. The molecule has 0 unspecified atom stereocenters. The molecule has 24 heavy (non-hydrogen) atoms. The fourth-order valence-electron chi connectivity index (χ4n) is 1.84. The summed E-state index contributed by atoms with van der Waals surface area (Å²) in [7, 11) is 3.13. The fourth-order valence-corrected chi connectivity index (χ4v) is 2.47. The molecule has 0 saturated heterocycles. The number of methoxy groups -OCH3 is 1. The monoisotopic (exact) mass is 348 g/mol. The van der Waals surface area contributed by atoms with Gasteiger partial charge in [-0.2, -0.15) is 0 Å². The summed E-state index contributed by atoms with van der Waals surface area (Å²) in [5.41, 5.74) is 12.7. The number of nitrogens with zero attached hydrogens (tertiary/aromatic N) is 1. The number of nitrogens with two attached hydrogens (primary N) is 2. The van der Waals surface area contributed by atoms with Crippen molar-refractivity contribution in [1.82, 2.24) is 4.98 Å². The molecule has 0 spiro atoms. The highest BCUT2D eigenvalue weighted by atomic mass is 32.1. The van der Waals surface area contributed by atoms with Gasteiger partial charge >= 0.3 is 0 Å². The second-order valence-corrected chi connectivity index (χ2v) is 5.40. The van der Waals surface area contributed by atoms with E-state index in [0.29, 0.717) is 5.56 Å². The number of aryl methyl sites for hydroxylation is 1. The number of thiazole rings is 1. The van der Waals surface area contributed by atoms with Gasteiger partial charge in [0.2, 0.25) is 0 Å². The van der Waals surface area contributed by atoms with E-state index in [1.54, 1.807) is 24.5 Å². The molecule has 0 atom stereocenters. The van der Waals surface area contributed by atoms with E-state index in [2.05, 4.69) is 16.1 Å². The van der Waals surface area contributed by atoms with E-state index in [9.17, 15) is 0 Å². The average molecular weight is 349 g/mol. The lowest BCUT2D eigenvalue weighted by Gasteiger charge is -2.07. The van der Waals surface area contributed by atoms with Crippen LogP contribution in [0.2, 0.25) is 0 Å². The van der Waals surface area contributed by atoms with Gasteiger partial charge in [-0.1, -0.05) is 26.0 Å². The number of ether oxygens (including phenoxy) is 1. The van der Waals surface area contributed by atoms with Gasteiger partial charge in [0.25, 0.3) is 0 Å². The summed E-state index contributed by atoms with van der Waals surface area (Å²) in [6.07, 6.45) is 4.79. The lowest BCUT2D eigenvalue weighted by atomic mass is 10.1. The van der Waals surface area contributed by atoms with E-state index in [1.165, 1.54) is 7.05 Å². The van der Waals surface area contributed by atoms with Crippen LogP contribution in [0.4, 0.5) is 0 Å². The normalized spacial score (nSPS) is 9.58. The van der Waals surface area contributed by atoms with Crippen LogP contribution in [-0.2, 0) is 6.42 Å². The second kappa shape index (κ2) is 12.3. The lowest BCUT2D eigenvalue weighted by Crippen LogP contribution is -2.11. The third kappa shape index (κ3) is 6.93. The first-order chi connectivity index (χ1) is 11.6. The van der Waals surface area contributed by atoms with Gasteiger partial charge in [0.05, 0.1) is 17.8 Å². The number of aromatic nitrogens is 1. The number of rotatable bonds is 5. The summed E-state index contributed by atoms with van der Waals surface area (Å²) < 4.78 is 5.31. The molecular weight excluding hydrogens is 320 g/mol. The van der Waals surface area contributed by atoms with Crippen LogP contribution in [0.15, 0.2) is 29.7 Å². The molecule has 0 aliphatic heterocycles. The molecule has 1 aromatic carbocycles. The number of nitrogens with one attached hydrogen (secondary N) is 1. The number of hydrogen-bond donors (Lipinski definition) is 3. The standard InChI is InChI=1S/C15H17N3OS.C2H6.CH5N/c1-10-18-13(9-20-10)5-3-4-11-8-12(15(16)17)6-7-14(11)19-2;2*1-2/h3-4,6-9H,5H2,1-2H3,(H3,16,17);1-2H3;2H2,1H3/b4-3+;;. The number of benzene rings is 1. The van der Waals surface area contributed by atoms with Gasteiger partial charge in [0.1, 0.15) is 11.6 Å². The number of allylic oxidation sites excluding steroid dienone is 1. The molecule has 0 bridgehead atoms. The molecule has 5 nitrogen and oxygen atoms in total. The molecule has 1 heterocycles. The van der Waals surface area contributed by atoms with Crippen LogP contribution in [0.3, 0.4) is 0 Å². The van der Waals surface area contributed by atoms with E-state index in [1.807, 2.05) is 45.1 Å². The third-order valence-corrected chi connectivity index (χ3v) is 3.65. The molecule has 0 radical (unpaired) electrons. The molecule has 5 N–H and O–H groups in total. The molecule has 0 aliphatic carbocycles. The van der Waals surface area contributed by atoms with Crippen molar-refractivity contribution >= 4 is 23.2 Å². The first-order valence-corrected chi connectivity index (χ1v) is 8.66. The highest BCUT2D eigenvalue weighted by Crippen LogP contribution is 2.21. The maximum atomic E-state index is 7.48. The van der Waals surface area contributed by atoms with Gasteiger partial charge in [-0.05, 0) is 32.2 Å². The predicted molar refractivity (Wildman–Crippen MR) is 105 cm³/mol. The van der Waals surface area contributed by atoms with E-state index < -0.39 is 0 Å². The van der Waals surface area contributed by atoms with Crippen molar-refractivity contribution in [2.24, 2.45) is 11.5 Å². The van der Waals surface area contributed by atoms with E-state index in [0.717, 1.165) is 28.4 Å². The number of hydrogen-bond acceptors (Lipinski definition) is 5. The van der Waals surface area contributed by atoms with Crippen molar-refractivity contribution in [3.63, 3.8) is 0 Å². The maximum absolute atomic E-state index is 7.48. The first-order valence-electron chi connectivity index (χ1n) is 7.78. The van der Waals surface area contributed by atoms with Crippen LogP contribution in [-0.4, -0.2) is 25.0 Å². The first kappa shape index (κ1) is 21.8. The molecule has 0 amide bonds. The summed E-state index contributed by atoms with van der Waals surface area (Å²) in [6, 6.07) is 5.45. The predicted octanol–water partition coefficient (Wildman–Crippen LogP) is 3.60. The quantitative estimate of drug-likeness (QED) is 0.568. The van der Waals surface area contributed by atoms with Crippen LogP contribution >= 0.6 is 11.3 Å². The van der Waals surface area contributed by atoms with E-state index in [-0.39, 0.29) is 5.84 Å². The molecule has 0 fully saturated rings. The van der Waals surface area contributed by atoms with Gasteiger partial charge in [0.15, 0.2) is 0 Å². The van der Waals surface area contributed by atoms with Crippen molar-refractivity contribution < 1.29 is 4.74 Å². The van der Waals surface area contributed by atoms with Crippen molar-refractivity contribution in [2.45, 2.75) is 27.2 Å². The van der Waals surface area contributed by atoms with Crippen LogP contribution in [0.1, 0.15) is 35.7 Å². The molecular formula is C18H28N4OS. The Balaban J connectivity index is 0.00000123. The highest BCUT2D eigenvalue weighted by Gasteiger charge is 2.03. The Hall–Kier alpha value is -2.18. The minimum Gasteiger partial charge on any atom is -0.496 e. The molecule has 132 valence electrons. The molecule has 1 aromatic heterocycles. The lowest BCUT2D eigenvalue weighted by molar-refractivity contribution is 0.414. The van der Waals surface area contributed by atoms with E-state index >= 15 is 0 Å². The number of amidine groups is 1. The van der Waals surface area contributed by atoms with Crippen molar-refractivity contribution in [1.29, 1.82) is 5.41 Å². The van der Waals surface area contributed by atoms with Crippen molar-refractivity contribution in [3.05, 3.63) is 51.5 Å². The molecule has 2 rings (SSSR count). The largest absolute Gasteiger partial charge is 0.496 e. The van der Waals surface area contributed by atoms with E-state index in [4.69, 9.17) is 15.9 Å². The smallest absolute Gasteiger partial charge is 0.126 e. The van der Waals surface area contributed by atoms with Crippen LogP contribution in [0.5, 0.6) is 5.75 Å². The van der Waals surface area contributed by atoms with Gasteiger partial charge in [-0.15, -0.1) is 11.3 Å². The zero-order chi connectivity index (χ0) is 18.5. The summed E-state index contributed by atoms with van der Waals surface area (Å²) >= 11 is 1.65. The van der Waals surface area contributed by atoms with Crippen molar-refractivity contribution in [3.8, 4) is 5.75 Å². The van der Waals surface area contributed by atoms with Gasteiger partial charge < -0.3 is 16.2 Å². The minimum atomic E-state index is 0.0532. The summed E-state index contributed by atoms with van der Waals surface area (Å²) in [4.78, 5) is 4.41. The Morgan fingerprint density at radius 3 is 2.50 bits per heavy atom. The second-order valence-electron chi connectivity index (χ2n) is 4.33. The Bertz CT molecular complexity index is 650. The summed E-state index contributed by atoms with van der Waals surface area (Å²) in [5, 5.41) is 10.6. The highest BCUT2D eigenvalue weighted by molar-refractivity contribution is 7.09. The molecule has 0 aliphatic rings. The van der Waals surface area contributed by atoms with Crippen LogP contribution < -0.4 is 16.2 Å². The SMILES string of the molecule is CC.CN.COc1ccc(C(=N)N)cc1/C=C/Cc1csc(C)n1. The van der Waals surface area contributed by atoms with Crippen LogP contribution in [0, 0.1) is 12.3 Å². The van der Waals surface area contributed by atoms with Crippen molar-refractivity contribution in [2.75, 3.05) is 14.2 Å². The Morgan fingerprint density at radius 1 is 1.33 bits per heavy atom. The van der Waals surface area contributed by atoms with Crippen LogP contribution in [0.25, 0.3) is 6.08 Å². The summed E-state index contributed by atoms with van der Waals surface area (Å²) in [6.45, 7) is 6.00. The average Bonchev–Trinajstić information content (AvgIpc) is 3.03. The Morgan fingerprint density at radius 2 is 2.00 bits per heavy atom. The molecule has 2 aromatic rings. The third-order valence-electron chi connectivity index (χ3n) is 2.83. The van der Waals surface area contributed by atoms with Gasteiger partial charge in [-0.3, -0.25) is 5.41 Å². The zero-order valence-corrected chi connectivity index (χ0v) is 15.9.